The van der Waals surface area contributed by atoms with Crippen LogP contribution < -0.4 is 0 Å². The summed E-state index contributed by atoms with van der Waals surface area (Å²) in [5.74, 6) is 0. The first-order valence-electron chi connectivity index (χ1n) is 11.1. The third-order valence-corrected chi connectivity index (χ3v) is 6.81. The average Bonchev–Trinajstić information content (AvgIpc) is 3.20. The Hall–Kier alpha value is -2.06. The van der Waals surface area contributed by atoms with Gasteiger partial charge >= 0.3 is 12.4 Å². The number of ether oxygens (including phenoxy) is 2. The second-order valence-electron chi connectivity index (χ2n) is 9.22. The summed E-state index contributed by atoms with van der Waals surface area (Å²) >= 11 is 0. The van der Waals surface area contributed by atoms with Gasteiger partial charge in [0.05, 0.1) is 29.9 Å². The van der Waals surface area contributed by atoms with E-state index in [1.54, 1.807) is 0 Å². The van der Waals surface area contributed by atoms with Crippen molar-refractivity contribution in [3.8, 4) is 0 Å². The molecule has 2 nitrogen and oxygen atoms in total. The monoisotopic (exact) mass is 472 g/mol. The van der Waals surface area contributed by atoms with Crippen molar-refractivity contribution in [2.75, 3.05) is 13.2 Å². The summed E-state index contributed by atoms with van der Waals surface area (Å²) < 4.78 is 91.1. The number of hydrogen-bond donors (Lipinski definition) is 0. The first-order chi connectivity index (χ1) is 15.5. The summed E-state index contributed by atoms with van der Waals surface area (Å²) in [5.41, 5.74) is -2.40. The summed E-state index contributed by atoms with van der Waals surface area (Å²) in [7, 11) is 0. The Morgan fingerprint density at radius 2 is 1.45 bits per heavy atom. The standard InChI is InChI=1S/C25H26F6O2/c26-24(27,28)20-12-18(13-21(14-20)25(29,30)31)15-32-17-22(19-6-2-1-3-7-19)8-4-9-23(16-22)10-5-11-33-23/h1-3,6-7,12-14H,4-5,8-11,15-17H2. The van der Waals surface area contributed by atoms with Crippen molar-refractivity contribution in [2.45, 2.75) is 68.5 Å². The van der Waals surface area contributed by atoms with E-state index in [2.05, 4.69) is 0 Å². The molecule has 2 aromatic carbocycles. The van der Waals surface area contributed by atoms with Crippen LogP contribution in [0.25, 0.3) is 0 Å². The molecule has 2 unspecified atom stereocenters. The molecule has 1 aliphatic carbocycles. The average molecular weight is 472 g/mol. The predicted octanol–water partition coefficient (Wildman–Crippen LogP) is 7.30. The first-order valence-corrected chi connectivity index (χ1v) is 11.1. The maximum absolute atomic E-state index is 13.2. The van der Waals surface area contributed by atoms with E-state index in [0.29, 0.717) is 6.61 Å². The highest BCUT2D eigenvalue weighted by Gasteiger charge is 2.48. The van der Waals surface area contributed by atoms with Crippen molar-refractivity contribution in [3.05, 3.63) is 70.8 Å². The van der Waals surface area contributed by atoms with Gasteiger partial charge in [-0.05, 0) is 67.9 Å². The molecule has 2 fully saturated rings. The Bertz CT molecular complexity index is 915. The van der Waals surface area contributed by atoms with Gasteiger partial charge in [-0.15, -0.1) is 0 Å². The molecule has 1 saturated carbocycles. The molecule has 0 bridgehead atoms. The van der Waals surface area contributed by atoms with Gasteiger partial charge in [-0.25, -0.2) is 0 Å². The van der Waals surface area contributed by atoms with Gasteiger partial charge in [-0.1, -0.05) is 30.3 Å². The maximum Gasteiger partial charge on any atom is 0.416 e. The van der Waals surface area contributed by atoms with Gasteiger partial charge < -0.3 is 9.47 Å². The van der Waals surface area contributed by atoms with Gasteiger partial charge in [-0.3, -0.25) is 0 Å². The van der Waals surface area contributed by atoms with Gasteiger partial charge in [0, 0.05) is 12.0 Å². The quantitative estimate of drug-likeness (QED) is 0.425. The fourth-order valence-corrected chi connectivity index (χ4v) is 5.35. The number of halogens is 6. The van der Waals surface area contributed by atoms with Crippen LogP contribution in [0, 0.1) is 0 Å². The van der Waals surface area contributed by atoms with Crippen LogP contribution in [0.4, 0.5) is 26.3 Å². The molecule has 8 heteroatoms. The Kier molecular flexibility index (Phi) is 6.53. The van der Waals surface area contributed by atoms with Gasteiger partial charge in [0.1, 0.15) is 0 Å². The van der Waals surface area contributed by atoms with Gasteiger partial charge in [-0.2, -0.15) is 26.3 Å². The van der Waals surface area contributed by atoms with Crippen LogP contribution in [-0.2, 0) is 33.8 Å². The van der Waals surface area contributed by atoms with Crippen molar-refractivity contribution >= 4 is 0 Å². The van der Waals surface area contributed by atoms with Gasteiger partial charge in [0.15, 0.2) is 0 Å². The molecule has 0 amide bonds. The first kappa shape index (κ1) is 24.1. The maximum atomic E-state index is 13.2. The van der Waals surface area contributed by atoms with Crippen molar-refractivity contribution in [3.63, 3.8) is 0 Å². The Morgan fingerprint density at radius 3 is 2.03 bits per heavy atom. The summed E-state index contributed by atoms with van der Waals surface area (Å²) in [6.07, 6.45) is -4.42. The summed E-state index contributed by atoms with van der Waals surface area (Å²) in [6.45, 7) is 0.561. The highest BCUT2D eigenvalue weighted by molar-refractivity contribution is 5.33. The zero-order valence-corrected chi connectivity index (χ0v) is 18.1. The highest BCUT2D eigenvalue weighted by atomic mass is 19.4. The molecule has 4 rings (SSSR count). The molecule has 33 heavy (non-hydrogen) atoms. The molecule has 2 aromatic rings. The molecule has 1 heterocycles. The Balaban J connectivity index is 1.57. The molecular weight excluding hydrogens is 446 g/mol. The lowest BCUT2D eigenvalue weighted by Gasteiger charge is -2.46. The largest absolute Gasteiger partial charge is 0.416 e. The fraction of sp³-hybridized carbons (Fsp3) is 0.520. The van der Waals surface area contributed by atoms with Crippen LogP contribution in [0.3, 0.4) is 0 Å². The molecule has 2 atom stereocenters. The summed E-state index contributed by atoms with van der Waals surface area (Å²) in [6, 6.07) is 11.4. The van der Waals surface area contributed by atoms with E-state index >= 15 is 0 Å². The lowest BCUT2D eigenvalue weighted by atomic mass is 9.64. The summed E-state index contributed by atoms with van der Waals surface area (Å²) in [5, 5.41) is 0. The van der Waals surface area contributed by atoms with E-state index in [-0.39, 0.29) is 30.4 Å². The molecule has 1 spiro atoms. The van der Waals surface area contributed by atoms with E-state index in [1.165, 1.54) is 0 Å². The van der Waals surface area contributed by atoms with Crippen LogP contribution >= 0.6 is 0 Å². The second-order valence-corrected chi connectivity index (χ2v) is 9.22. The third kappa shape index (κ3) is 5.38. The number of hydrogen-bond acceptors (Lipinski definition) is 2. The predicted molar refractivity (Wildman–Crippen MR) is 111 cm³/mol. The highest BCUT2D eigenvalue weighted by Crippen LogP contribution is 2.49. The summed E-state index contributed by atoms with van der Waals surface area (Å²) in [4.78, 5) is 0. The van der Waals surface area contributed by atoms with Crippen molar-refractivity contribution in [1.29, 1.82) is 0 Å². The molecule has 0 radical (unpaired) electrons. The van der Waals surface area contributed by atoms with Gasteiger partial charge in [0.2, 0.25) is 0 Å². The fourth-order valence-electron chi connectivity index (χ4n) is 5.35. The van der Waals surface area contributed by atoms with E-state index in [9.17, 15) is 26.3 Å². The molecule has 1 saturated heterocycles. The molecule has 2 aliphatic rings. The van der Waals surface area contributed by atoms with Crippen molar-refractivity contribution in [1.82, 2.24) is 0 Å². The molecular formula is C25H26F6O2. The van der Waals surface area contributed by atoms with Crippen LogP contribution in [0.1, 0.15) is 60.8 Å². The smallest absolute Gasteiger partial charge is 0.376 e. The topological polar surface area (TPSA) is 18.5 Å². The number of alkyl halides is 6. The Labute approximate surface area is 188 Å². The Morgan fingerprint density at radius 1 is 0.818 bits per heavy atom. The van der Waals surface area contributed by atoms with Crippen molar-refractivity contribution < 1.29 is 35.8 Å². The molecule has 1 aliphatic heterocycles. The van der Waals surface area contributed by atoms with E-state index in [0.717, 1.165) is 56.2 Å². The lowest BCUT2D eigenvalue weighted by Crippen LogP contribution is -2.46. The SMILES string of the molecule is FC(F)(F)c1cc(COCC2(c3ccccc3)CCCC3(CCCO3)C2)cc(C(F)(F)F)c1. The molecule has 0 N–H and O–H groups in total. The lowest BCUT2D eigenvalue weighted by molar-refractivity contribution is -0.143. The van der Waals surface area contributed by atoms with Crippen LogP contribution in [-0.4, -0.2) is 18.8 Å². The second kappa shape index (κ2) is 8.95. The zero-order valence-electron chi connectivity index (χ0n) is 18.1. The van der Waals surface area contributed by atoms with Gasteiger partial charge in [0.25, 0.3) is 0 Å². The number of benzene rings is 2. The third-order valence-electron chi connectivity index (χ3n) is 6.81. The normalized spacial score (nSPS) is 26.1. The molecule has 180 valence electrons. The van der Waals surface area contributed by atoms with E-state index < -0.39 is 28.9 Å². The minimum absolute atomic E-state index is 0.136. The zero-order chi connectivity index (χ0) is 23.7. The van der Waals surface area contributed by atoms with Crippen LogP contribution in [0.15, 0.2) is 48.5 Å². The minimum atomic E-state index is -4.88. The number of rotatable bonds is 5. The minimum Gasteiger partial charge on any atom is -0.376 e. The van der Waals surface area contributed by atoms with Crippen LogP contribution in [0.5, 0.6) is 0 Å². The van der Waals surface area contributed by atoms with E-state index in [1.807, 2.05) is 30.3 Å². The molecule has 0 aromatic heterocycles. The van der Waals surface area contributed by atoms with Crippen molar-refractivity contribution in [2.24, 2.45) is 0 Å². The van der Waals surface area contributed by atoms with E-state index in [4.69, 9.17) is 9.47 Å². The van der Waals surface area contributed by atoms with Crippen LogP contribution in [0.2, 0.25) is 0 Å².